The zero-order valence-corrected chi connectivity index (χ0v) is 21.1. The van der Waals surface area contributed by atoms with Crippen molar-refractivity contribution in [2.45, 2.75) is 64.7 Å². The Morgan fingerprint density at radius 2 is 1.78 bits per heavy atom. The summed E-state index contributed by atoms with van der Waals surface area (Å²) in [6, 6.07) is 7.70. The van der Waals surface area contributed by atoms with Crippen LogP contribution in [0.15, 0.2) is 30.5 Å². The highest BCUT2D eigenvalue weighted by Gasteiger charge is 2.29. The molecular formula is C25H34N4O7. The normalized spacial score (nSPS) is 18.2. The van der Waals surface area contributed by atoms with E-state index in [1.54, 1.807) is 9.47 Å². The molecule has 0 N–H and O–H groups in total. The van der Waals surface area contributed by atoms with Crippen molar-refractivity contribution in [2.24, 2.45) is 5.92 Å². The van der Waals surface area contributed by atoms with Crippen LogP contribution < -0.4 is 14.2 Å². The Morgan fingerprint density at radius 3 is 2.42 bits per heavy atom. The van der Waals surface area contributed by atoms with Gasteiger partial charge in [0, 0.05) is 31.0 Å². The number of nitro groups is 1. The van der Waals surface area contributed by atoms with Crippen molar-refractivity contribution in [3.05, 3.63) is 40.6 Å². The molecule has 11 nitrogen and oxygen atoms in total. The number of likely N-dealkylation sites (tertiary alicyclic amines) is 1. The molecule has 1 fully saturated rings. The Morgan fingerprint density at radius 1 is 1.11 bits per heavy atom. The minimum atomic E-state index is -0.529. The quantitative estimate of drug-likeness (QED) is 0.384. The van der Waals surface area contributed by atoms with Gasteiger partial charge in [0.25, 0.3) is 0 Å². The van der Waals surface area contributed by atoms with Gasteiger partial charge >= 0.3 is 17.9 Å². The molecule has 1 aromatic carbocycles. The Labute approximate surface area is 210 Å². The third kappa shape index (κ3) is 7.02. The van der Waals surface area contributed by atoms with Crippen LogP contribution in [0.25, 0.3) is 0 Å². The van der Waals surface area contributed by atoms with Crippen molar-refractivity contribution in [3.8, 4) is 17.5 Å². The molecule has 1 unspecified atom stereocenters. The Bertz CT molecular complexity index is 1040. The Hall–Kier alpha value is -3.50. The first-order valence-electron chi connectivity index (χ1n) is 12.4. The fraction of sp³-hybridized carbons (Fsp3) is 0.600. The van der Waals surface area contributed by atoms with E-state index in [1.165, 1.54) is 6.20 Å². The molecule has 2 aromatic rings. The lowest BCUT2D eigenvalue weighted by Gasteiger charge is -2.33. The third-order valence-corrected chi connectivity index (χ3v) is 6.20. The van der Waals surface area contributed by atoms with Crippen LogP contribution in [0.5, 0.6) is 17.5 Å². The second-order valence-corrected chi connectivity index (χ2v) is 10.2. The van der Waals surface area contributed by atoms with E-state index in [2.05, 4.69) is 4.98 Å². The average molecular weight is 503 g/mol. The highest BCUT2D eigenvalue weighted by atomic mass is 16.6. The first kappa shape index (κ1) is 25.6. The van der Waals surface area contributed by atoms with Crippen molar-refractivity contribution in [1.82, 2.24) is 14.5 Å². The third-order valence-electron chi connectivity index (χ3n) is 6.20. The molecular weight excluding hydrogens is 468 g/mol. The summed E-state index contributed by atoms with van der Waals surface area (Å²) in [4.78, 5) is 28.2. The number of hydrogen-bond donors (Lipinski definition) is 0. The number of carbonyl (C=O) groups excluding carboxylic acids is 1. The SMILES string of the molecule is CC(C)(C)OC(=O)N1CCC(CCOc2ccc(OCC3CCn4cc([N+](=O)[O-])nc4O3)cc2)CC1. The number of amides is 1. The van der Waals surface area contributed by atoms with Crippen LogP contribution in [0, 0.1) is 16.0 Å². The van der Waals surface area contributed by atoms with Gasteiger partial charge in [-0.25, -0.2) is 4.79 Å². The number of fused-ring (bicyclic) bond motifs is 1. The summed E-state index contributed by atoms with van der Waals surface area (Å²) in [5.74, 6) is 1.78. The molecule has 0 spiro atoms. The average Bonchev–Trinajstić information content (AvgIpc) is 3.27. The molecule has 2 aliphatic heterocycles. The number of aromatic nitrogens is 2. The molecule has 0 aliphatic carbocycles. The molecule has 4 rings (SSSR count). The lowest BCUT2D eigenvalue weighted by Crippen LogP contribution is -2.41. The van der Waals surface area contributed by atoms with Crippen molar-refractivity contribution in [2.75, 3.05) is 26.3 Å². The summed E-state index contributed by atoms with van der Waals surface area (Å²) >= 11 is 0. The summed E-state index contributed by atoms with van der Waals surface area (Å²) in [5, 5.41) is 10.9. The largest absolute Gasteiger partial charge is 0.494 e. The summed E-state index contributed by atoms with van der Waals surface area (Å²) in [6.45, 7) is 8.61. The standard InChI is InChI=1S/C25H34N4O7/c1-25(2,3)36-24(30)27-12-8-18(9-13-27)11-15-33-19-4-6-20(7-5-19)34-17-21-10-14-28-16-22(29(31)32)26-23(28)35-21/h4-7,16,18,21H,8-15,17H2,1-3H3. The first-order valence-corrected chi connectivity index (χ1v) is 12.4. The highest BCUT2D eigenvalue weighted by Crippen LogP contribution is 2.26. The van der Waals surface area contributed by atoms with Gasteiger partial charge in [-0.2, -0.15) is 0 Å². The van der Waals surface area contributed by atoms with Crippen LogP contribution in [0.4, 0.5) is 10.6 Å². The van der Waals surface area contributed by atoms with Crippen LogP contribution >= 0.6 is 0 Å². The number of benzene rings is 1. The summed E-state index contributed by atoms with van der Waals surface area (Å²) in [5.41, 5.74) is -0.471. The van der Waals surface area contributed by atoms with E-state index in [0.717, 1.165) is 38.1 Å². The smallest absolute Gasteiger partial charge is 0.414 e. The van der Waals surface area contributed by atoms with Gasteiger partial charge in [0.1, 0.15) is 36.0 Å². The number of carbonyl (C=O) groups is 1. The fourth-order valence-corrected chi connectivity index (χ4v) is 4.23. The Balaban J connectivity index is 1.13. The number of imidazole rings is 1. The molecule has 11 heteroatoms. The molecule has 0 saturated carbocycles. The molecule has 3 heterocycles. The second-order valence-electron chi connectivity index (χ2n) is 10.2. The topological polar surface area (TPSA) is 118 Å². The van der Waals surface area contributed by atoms with Gasteiger partial charge in [-0.15, -0.1) is 0 Å². The summed E-state index contributed by atoms with van der Waals surface area (Å²) in [6.07, 6.45) is 4.45. The predicted molar refractivity (Wildman–Crippen MR) is 130 cm³/mol. The van der Waals surface area contributed by atoms with E-state index in [-0.39, 0.29) is 24.0 Å². The molecule has 2 aliphatic rings. The zero-order chi connectivity index (χ0) is 25.7. The van der Waals surface area contributed by atoms with Crippen LogP contribution in [0.1, 0.15) is 46.5 Å². The van der Waals surface area contributed by atoms with E-state index >= 15 is 0 Å². The van der Waals surface area contributed by atoms with Crippen molar-refractivity contribution in [1.29, 1.82) is 0 Å². The van der Waals surface area contributed by atoms with Crippen molar-refractivity contribution in [3.63, 3.8) is 0 Å². The van der Waals surface area contributed by atoms with Gasteiger partial charge in [-0.3, -0.25) is 4.57 Å². The maximum absolute atomic E-state index is 12.2. The summed E-state index contributed by atoms with van der Waals surface area (Å²) < 4.78 is 24.6. The molecule has 1 saturated heterocycles. The number of hydrogen-bond acceptors (Lipinski definition) is 8. The maximum atomic E-state index is 12.2. The maximum Gasteiger partial charge on any atom is 0.414 e. The number of ether oxygens (including phenoxy) is 4. The van der Waals surface area contributed by atoms with E-state index in [4.69, 9.17) is 18.9 Å². The number of piperidine rings is 1. The van der Waals surface area contributed by atoms with E-state index < -0.39 is 10.5 Å². The minimum absolute atomic E-state index is 0.214. The molecule has 0 bridgehead atoms. The molecule has 0 radical (unpaired) electrons. The summed E-state index contributed by atoms with van der Waals surface area (Å²) in [7, 11) is 0. The van der Waals surface area contributed by atoms with E-state index in [9.17, 15) is 14.9 Å². The monoisotopic (exact) mass is 502 g/mol. The van der Waals surface area contributed by atoms with Gasteiger partial charge in [0.05, 0.1) is 6.61 Å². The fourth-order valence-electron chi connectivity index (χ4n) is 4.23. The van der Waals surface area contributed by atoms with Crippen molar-refractivity contribution < 1.29 is 28.7 Å². The predicted octanol–water partition coefficient (Wildman–Crippen LogP) is 4.44. The minimum Gasteiger partial charge on any atom is -0.494 e. The molecule has 36 heavy (non-hydrogen) atoms. The van der Waals surface area contributed by atoms with Crippen LogP contribution in [-0.2, 0) is 11.3 Å². The molecule has 1 atom stereocenters. The number of rotatable bonds is 8. The molecule has 196 valence electrons. The molecule has 1 aromatic heterocycles. The van der Waals surface area contributed by atoms with E-state index in [1.807, 2.05) is 45.0 Å². The van der Waals surface area contributed by atoms with Crippen LogP contribution in [0.3, 0.4) is 0 Å². The second kappa shape index (κ2) is 11.0. The lowest BCUT2D eigenvalue weighted by atomic mass is 9.94. The molecule has 1 amide bonds. The Kier molecular flexibility index (Phi) is 7.85. The van der Waals surface area contributed by atoms with Gasteiger partial charge in [0.2, 0.25) is 0 Å². The van der Waals surface area contributed by atoms with Crippen molar-refractivity contribution >= 4 is 11.9 Å². The van der Waals surface area contributed by atoms with Crippen LogP contribution in [0.2, 0.25) is 0 Å². The number of nitrogens with zero attached hydrogens (tertiary/aromatic N) is 4. The first-order chi connectivity index (χ1) is 17.2. The van der Waals surface area contributed by atoms with Gasteiger partial charge in [-0.1, -0.05) is 0 Å². The van der Waals surface area contributed by atoms with Crippen LogP contribution in [-0.4, -0.2) is 63.5 Å². The lowest BCUT2D eigenvalue weighted by molar-refractivity contribution is -0.389. The van der Waals surface area contributed by atoms with E-state index in [0.29, 0.717) is 37.8 Å². The van der Waals surface area contributed by atoms with Gasteiger partial charge in [0.15, 0.2) is 0 Å². The highest BCUT2D eigenvalue weighted by molar-refractivity contribution is 5.68. The number of aryl methyl sites for hydroxylation is 1. The zero-order valence-electron chi connectivity index (χ0n) is 21.1. The van der Waals surface area contributed by atoms with Gasteiger partial charge in [-0.05, 0) is 75.1 Å². The van der Waals surface area contributed by atoms with Gasteiger partial charge < -0.3 is 34.0 Å².